The maximum absolute atomic E-state index is 10.3. The summed E-state index contributed by atoms with van der Waals surface area (Å²) in [7, 11) is 3.07. The summed E-state index contributed by atoms with van der Waals surface area (Å²) in [5.41, 5.74) is 2.41. The van der Waals surface area contributed by atoms with E-state index in [1.807, 2.05) is 18.2 Å². The first kappa shape index (κ1) is 12.5. The molecule has 1 heterocycles. The van der Waals surface area contributed by atoms with Crippen LogP contribution in [0.3, 0.4) is 0 Å². The van der Waals surface area contributed by atoms with Gasteiger partial charge in [-0.2, -0.15) is 0 Å². The maximum atomic E-state index is 10.3. The van der Waals surface area contributed by atoms with Crippen LogP contribution < -0.4 is 5.32 Å². The highest BCUT2D eigenvalue weighted by Gasteiger charge is 2.31. The largest absolute Gasteiger partial charge is 0.386 e. The summed E-state index contributed by atoms with van der Waals surface area (Å²) >= 11 is 0. The summed E-state index contributed by atoms with van der Waals surface area (Å²) in [4.78, 5) is 0. The van der Waals surface area contributed by atoms with Gasteiger partial charge in [-0.1, -0.05) is 24.3 Å². The van der Waals surface area contributed by atoms with Crippen LogP contribution >= 0.6 is 0 Å². The Balaban J connectivity index is 2.23. The van der Waals surface area contributed by atoms with E-state index in [9.17, 15) is 5.11 Å². The highest BCUT2D eigenvalue weighted by Crippen LogP contribution is 2.27. The van der Waals surface area contributed by atoms with Gasteiger partial charge in [0.05, 0.1) is 6.04 Å². The van der Waals surface area contributed by atoms with E-state index in [0.717, 1.165) is 18.5 Å². The summed E-state index contributed by atoms with van der Waals surface area (Å²) < 4.78 is 10.2. The minimum atomic E-state index is -0.716. The first-order valence-corrected chi connectivity index (χ1v) is 5.82. The predicted octanol–water partition coefficient (Wildman–Crippen LogP) is 0.853. The molecule has 2 rings (SSSR count). The molecule has 4 nitrogen and oxygen atoms in total. The van der Waals surface area contributed by atoms with Crippen molar-refractivity contribution >= 4 is 0 Å². The Hall–Kier alpha value is -0.940. The monoisotopic (exact) mass is 237 g/mol. The number of nitrogens with one attached hydrogen (secondary N) is 1. The number of fused-ring (bicyclic) bond motifs is 1. The molecule has 0 aliphatic carbocycles. The number of aliphatic hydroxyl groups is 1. The quantitative estimate of drug-likeness (QED) is 0.762. The molecule has 0 bridgehead atoms. The summed E-state index contributed by atoms with van der Waals surface area (Å²) in [6.07, 6.45) is -0.339. The molecule has 94 valence electrons. The second-order valence-electron chi connectivity index (χ2n) is 4.21. The standard InChI is InChI=1S/C13H19NO3/c1-16-13(17-2)12(15)11-10-6-4-3-5-9(10)7-8-14-11/h3-6,11-15H,7-8H2,1-2H3. The summed E-state index contributed by atoms with van der Waals surface area (Å²) in [6.45, 7) is 0.860. The van der Waals surface area contributed by atoms with Gasteiger partial charge in [-0.25, -0.2) is 0 Å². The van der Waals surface area contributed by atoms with E-state index in [4.69, 9.17) is 9.47 Å². The molecule has 0 spiro atoms. The topological polar surface area (TPSA) is 50.7 Å². The van der Waals surface area contributed by atoms with E-state index in [-0.39, 0.29) is 6.04 Å². The molecule has 1 aromatic rings. The van der Waals surface area contributed by atoms with Crippen LogP contribution in [0.2, 0.25) is 0 Å². The van der Waals surface area contributed by atoms with Crippen molar-refractivity contribution in [1.29, 1.82) is 0 Å². The van der Waals surface area contributed by atoms with Gasteiger partial charge in [0.15, 0.2) is 6.29 Å². The first-order valence-electron chi connectivity index (χ1n) is 5.82. The number of ether oxygens (including phenoxy) is 2. The number of benzene rings is 1. The van der Waals surface area contributed by atoms with Crippen molar-refractivity contribution in [3.8, 4) is 0 Å². The third-order valence-electron chi connectivity index (χ3n) is 3.23. The van der Waals surface area contributed by atoms with Crippen LogP contribution in [0.15, 0.2) is 24.3 Å². The van der Waals surface area contributed by atoms with E-state index in [1.54, 1.807) is 0 Å². The van der Waals surface area contributed by atoms with E-state index in [1.165, 1.54) is 19.8 Å². The average molecular weight is 237 g/mol. The Morgan fingerprint density at radius 3 is 2.71 bits per heavy atom. The van der Waals surface area contributed by atoms with E-state index >= 15 is 0 Å². The third kappa shape index (κ3) is 2.50. The van der Waals surface area contributed by atoms with Crippen LogP contribution in [0.4, 0.5) is 0 Å². The SMILES string of the molecule is COC(OC)C(O)C1NCCc2ccccc21. The maximum Gasteiger partial charge on any atom is 0.184 e. The zero-order valence-corrected chi connectivity index (χ0v) is 10.2. The van der Waals surface area contributed by atoms with Gasteiger partial charge in [-0.3, -0.25) is 0 Å². The van der Waals surface area contributed by atoms with Gasteiger partial charge < -0.3 is 19.9 Å². The predicted molar refractivity (Wildman–Crippen MR) is 64.7 cm³/mol. The van der Waals surface area contributed by atoms with Crippen LogP contribution in [0.1, 0.15) is 17.2 Å². The van der Waals surface area contributed by atoms with Crippen LogP contribution in [-0.4, -0.2) is 38.3 Å². The van der Waals surface area contributed by atoms with E-state index in [2.05, 4.69) is 11.4 Å². The van der Waals surface area contributed by atoms with E-state index < -0.39 is 12.4 Å². The second kappa shape index (κ2) is 5.60. The Bertz CT molecular complexity index is 365. The molecule has 0 radical (unpaired) electrons. The lowest BCUT2D eigenvalue weighted by Crippen LogP contribution is -2.44. The number of hydrogen-bond acceptors (Lipinski definition) is 4. The number of aliphatic hydroxyl groups excluding tert-OH is 1. The van der Waals surface area contributed by atoms with Gasteiger partial charge in [-0.05, 0) is 24.1 Å². The molecule has 0 saturated heterocycles. The zero-order chi connectivity index (χ0) is 12.3. The fraction of sp³-hybridized carbons (Fsp3) is 0.538. The summed E-state index contributed by atoms with van der Waals surface area (Å²) in [6, 6.07) is 8.02. The highest BCUT2D eigenvalue weighted by atomic mass is 16.7. The van der Waals surface area contributed by atoms with Crippen LogP contribution in [0.25, 0.3) is 0 Å². The van der Waals surface area contributed by atoms with Gasteiger partial charge in [-0.15, -0.1) is 0 Å². The van der Waals surface area contributed by atoms with Gasteiger partial charge in [0.2, 0.25) is 0 Å². The summed E-state index contributed by atoms with van der Waals surface area (Å²) in [5.74, 6) is 0. The first-order chi connectivity index (χ1) is 8.27. The fourth-order valence-electron chi connectivity index (χ4n) is 2.37. The second-order valence-corrected chi connectivity index (χ2v) is 4.21. The van der Waals surface area contributed by atoms with Crippen LogP contribution in [0, 0.1) is 0 Å². The lowest BCUT2D eigenvalue weighted by atomic mass is 9.91. The molecule has 0 amide bonds. The molecule has 1 aromatic carbocycles. The van der Waals surface area contributed by atoms with Crippen molar-refractivity contribution in [3.63, 3.8) is 0 Å². The van der Waals surface area contributed by atoms with Crippen molar-refractivity contribution in [3.05, 3.63) is 35.4 Å². The summed E-state index contributed by atoms with van der Waals surface area (Å²) in [5, 5.41) is 13.6. The molecule has 4 heteroatoms. The Labute approximate surface area is 102 Å². The van der Waals surface area contributed by atoms with Crippen LogP contribution in [0.5, 0.6) is 0 Å². The van der Waals surface area contributed by atoms with Crippen molar-refractivity contribution < 1.29 is 14.6 Å². The van der Waals surface area contributed by atoms with Gasteiger partial charge in [0.1, 0.15) is 6.10 Å². The molecule has 2 N–H and O–H groups in total. The molecule has 0 aromatic heterocycles. The molecule has 1 aliphatic heterocycles. The zero-order valence-electron chi connectivity index (χ0n) is 10.2. The molecular formula is C13H19NO3. The molecule has 17 heavy (non-hydrogen) atoms. The van der Waals surface area contributed by atoms with Gasteiger partial charge in [0, 0.05) is 14.2 Å². The Kier molecular flexibility index (Phi) is 4.12. The third-order valence-corrected chi connectivity index (χ3v) is 3.23. The molecule has 0 saturated carbocycles. The molecule has 2 atom stereocenters. The fourth-order valence-corrected chi connectivity index (χ4v) is 2.37. The van der Waals surface area contributed by atoms with Crippen molar-refractivity contribution in [1.82, 2.24) is 5.32 Å². The van der Waals surface area contributed by atoms with Crippen molar-refractivity contribution in [2.75, 3.05) is 20.8 Å². The minimum absolute atomic E-state index is 0.134. The molecule has 0 fully saturated rings. The van der Waals surface area contributed by atoms with Gasteiger partial charge >= 0.3 is 0 Å². The Morgan fingerprint density at radius 2 is 2.00 bits per heavy atom. The lowest BCUT2D eigenvalue weighted by molar-refractivity contribution is -0.173. The number of rotatable bonds is 4. The molecular weight excluding hydrogens is 218 g/mol. The lowest BCUT2D eigenvalue weighted by Gasteiger charge is -2.33. The highest BCUT2D eigenvalue weighted by molar-refractivity contribution is 5.33. The van der Waals surface area contributed by atoms with E-state index in [0.29, 0.717) is 0 Å². The minimum Gasteiger partial charge on any atom is -0.386 e. The van der Waals surface area contributed by atoms with Gasteiger partial charge in [0.25, 0.3) is 0 Å². The molecule has 1 aliphatic rings. The number of methoxy groups -OCH3 is 2. The smallest absolute Gasteiger partial charge is 0.184 e. The Morgan fingerprint density at radius 1 is 1.29 bits per heavy atom. The normalized spacial score (nSPS) is 21.3. The average Bonchev–Trinajstić information content (AvgIpc) is 2.39. The number of hydrogen-bond donors (Lipinski definition) is 2. The van der Waals surface area contributed by atoms with Crippen LogP contribution in [-0.2, 0) is 15.9 Å². The van der Waals surface area contributed by atoms with Crippen molar-refractivity contribution in [2.24, 2.45) is 0 Å². The van der Waals surface area contributed by atoms with Crippen molar-refractivity contribution in [2.45, 2.75) is 24.9 Å². The molecule has 2 unspecified atom stereocenters.